The lowest BCUT2D eigenvalue weighted by Crippen LogP contribution is -2.26. The Balaban J connectivity index is 1.47. The van der Waals surface area contributed by atoms with Crippen molar-refractivity contribution in [3.63, 3.8) is 0 Å². The molecule has 0 aliphatic heterocycles. The molecule has 1 unspecified atom stereocenters. The smallest absolute Gasteiger partial charge is 0.339 e. The molecule has 3 aromatic carbocycles. The van der Waals surface area contributed by atoms with Crippen molar-refractivity contribution >= 4 is 29.2 Å². The predicted molar refractivity (Wildman–Crippen MR) is 122 cm³/mol. The topological polar surface area (TPSA) is 84.5 Å². The fraction of sp³-hybridized carbons (Fsp3) is 0.192. The highest BCUT2D eigenvalue weighted by molar-refractivity contribution is 5.98. The molecule has 0 saturated heterocycles. The third kappa shape index (κ3) is 5.40. The van der Waals surface area contributed by atoms with E-state index < -0.39 is 18.0 Å². The van der Waals surface area contributed by atoms with E-state index in [-0.39, 0.29) is 11.8 Å². The molecule has 3 aromatic rings. The monoisotopic (exact) mass is 428 g/mol. The van der Waals surface area contributed by atoms with Crippen LogP contribution in [0.1, 0.15) is 40.4 Å². The lowest BCUT2D eigenvalue weighted by molar-refractivity contribution is -0.125. The van der Waals surface area contributed by atoms with Gasteiger partial charge in [0.1, 0.15) is 0 Å². The quantitative estimate of drug-likeness (QED) is 0.525. The molecule has 1 fully saturated rings. The van der Waals surface area contributed by atoms with Gasteiger partial charge in [0.05, 0.1) is 5.56 Å². The summed E-state index contributed by atoms with van der Waals surface area (Å²) >= 11 is 0. The van der Waals surface area contributed by atoms with Crippen molar-refractivity contribution in [1.29, 1.82) is 0 Å². The SMILES string of the molecule is Cc1ccc(NC(=O)C(OC(=O)c2ccc(NC(=O)C3CC3)cc2)c2ccccc2)cc1. The number of hydrogen-bond acceptors (Lipinski definition) is 4. The predicted octanol–water partition coefficient (Wildman–Crippen LogP) is 4.88. The fourth-order valence-corrected chi connectivity index (χ4v) is 3.20. The summed E-state index contributed by atoms with van der Waals surface area (Å²) in [5, 5.41) is 5.64. The molecule has 0 spiro atoms. The maximum Gasteiger partial charge on any atom is 0.339 e. The standard InChI is InChI=1S/C26H24N2O4/c1-17-7-13-21(14-8-17)28-25(30)23(18-5-3-2-4-6-18)32-26(31)20-11-15-22(16-12-20)27-24(29)19-9-10-19/h2-8,11-16,19,23H,9-10H2,1H3,(H,27,29)(H,28,30). The van der Waals surface area contributed by atoms with Crippen molar-refractivity contribution in [3.05, 3.63) is 95.6 Å². The first-order chi connectivity index (χ1) is 15.5. The Hall–Kier alpha value is -3.93. The Labute approximate surface area is 186 Å². The molecule has 1 atom stereocenters. The van der Waals surface area contributed by atoms with Gasteiger partial charge in [0.25, 0.3) is 5.91 Å². The summed E-state index contributed by atoms with van der Waals surface area (Å²) in [5.41, 5.74) is 3.17. The van der Waals surface area contributed by atoms with E-state index in [0.717, 1.165) is 18.4 Å². The molecule has 0 aromatic heterocycles. The third-order valence-corrected chi connectivity index (χ3v) is 5.22. The molecule has 0 bridgehead atoms. The second kappa shape index (κ2) is 9.47. The average molecular weight is 428 g/mol. The number of nitrogens with one attached hydrogen (secondary N) is 2. The van der Waals surface area contributed by atoms with E-state index in [1.54, 1.807) is 60.7 Å². The van der Waals surface area contributed by atoms with Crippen LogP contribution in [-0.2, 0) is 14.3 Å². The second-order valence-electron chi connectivity index (χ2n) is 7.89. The number of aryl methyl sites for hydroxylation is 1. The summed E-state index contributed by atoms with van der Waals surface area (Å²) in [6.45, 7) is 1.96. The largest absolute Gasteiger partial charge is 0.444 e. The van der Waals surface area contributed by atoms with Crippen LogP contribution in [0.3, 0.4) is 0 Å². The number of rotatable bonds is 7. The highest BCUT2D eigenvalue weighted by Crippen LogP contribution is 2.30. The normalized spacial score (nSPS) is 13.7. The first kappa shape index (κ1) is 21.3. The van der Waals surface area contributed by atoms with E-state index in [0.29, 0.717) is 22.5 Å². The Kier molecular flexibility index (Phi) is 6.31. The van der Waals surface area contributed by atoms with Gasteiger partial charge in [0.2, 0.25) is 12.0 Å². The molecule has 2 amide bonds. The van der Waals surface area contributed by atoms with E-state index in [4.69, 9.17) is 4.74 Å². The number of carbonyl (C=O) groups is 3. The molecular weight excluding hydrogens is 404 g/mol. The highest BCUT2D eigenvalue weighted by Gasteiger charge is 2.29. The van der Waals surface area contributed by atoms with Gasteiger partial charge in [0, 0.05) is 22.9 Å². The molecule has 1 aliphatic carbocycles. The van der Waals surface area contributed by atoms with Crippen LogP contribution in [0.2, 0.25) is 0 Å². The van der Waals surface area contributed by atoms with Gasteiger partial charge in [-0.1, -0.05) is 48.0 Å². The van der Waals surface area contributed by atoms with Crippen LogP contribution in [0, 0.1) is 12.8 Å². The Bertz CT molecular complexity index is 1100. The minimum atomic E-state index is -1.11. The van der Waals surface area contributed by atoms with Gasteiger partial charge in [-0.3, -0.25) is 9.59 Å². The van der Waals surface area contributed by atoms with E-state index in [2.05, 4.69) is 10.6 Å². The van der Waals surface area contributed by atoms with Gasteiger partial charge in [-0.25, -0.2) is 4.79 Å². The number of benzene rings is 3. The lowest BCUT2D eigenvalue weighted by Gasteiger charge is -2.18. The van der Waals surface area contributed by atoms with E-state index in [1.807, 2.05) is 25.1 Å². The molecule has 2 N–H and O–H groups in total. The summed E-state index contributed by atoms with van der Waals surface area (Å²) in [6.07, 6.45) is 0.725. The van der Waals surface area contributed by atoms with Gasteiger partial charge in [-0.15, -0.1) is 0 Å². The lowest BCUT2D eigenvalue weighted by atomic mass is 10.1. The maximum absolute atomic E-state index is 13.0. The van der Waals surface area contributed by atoms with Crippen molar-refractivity contribution < 1.29 is 19.1 Å². The molecule has 0 heterocycles. The molecular formula is C26H24N2O4. The Morgan fingerprint density at radius 1 is 0.812 bits per heavy atom. The zero-order chi connectivity index (χ0) is 22.5. The third-order valence-electron chi connectivity index (χ3n) is 5.22. The highest BCUT2D eigenvalue weighted by atomic mass is 16.5. The van der Waals surface area contributed by atoms with Gasteiger partial charge in [-0.2, -0.15) is 0 Å². The Morgan fingerprint density at radius 2 is 1.41 bits per heavy atom. The first-order valence-corrected chi connectivity index (χ1v) is 10.5. The average Bonchev–Trinajstić information content (AvgIpc) is 3.65. The minimum absolute atomic E-state index is 0.00255. The molecule has 1 aliphatic rings. The number of esters is 1. The van der Waals surface area contributed by atoms with Crippen molar-refractivity contribution in [3.8, 4) is 0 Å². The summed E-state index contributed by atoms with van der Waals surface area (Å²) < 4.78 is 5.61. The minimum Gasteiger partial charge on any atom is -0.444 e. The molecule has 6 heteroatoms. The van der Waals surface area contributed by atoms with E-state index in [9.17, 15) is 14.4 Å². The summed E-state index contributed by atoms with van der Waals surface area (Å²) in [6, 6.07) is 22.7. The van der Waals surface area contributed by atoms with Crippen LogP contribution in [-0.4, -0.2) is 17.8 Å². The van der Waals surface area contributed by atoms with Crippen LogP contribution in [0.5, 0.6) is 0 Å². The molecule has 4 rings (SSSR count). The van der Waals surface area contributed by atoms with Crippen molar-refractivity contribution in [2.45, 2.75) is 25.9 Å². The molecule has 0 radical (unpaired) electrons. The maximum atomic E-state index is 13.0. The van der Waals surface area contributed by atoms with Gasteiger partial charge in [-0.05, 0) is 56.2 Å². The fourth-order valence-electron chi connectivity index (χ4n) is 3.20. The van der Waals surface area contributed by atoms with Crippen molar-refractivity contribution in [1.82, 2.24) is 0 Å². The number of amides is 2. The van der Waals surface area contributed by atoms with E-state index in [1.165, 1.54) is 0 Å². The molecule has 162 valence electrons. The van der Waals surface area contributed by atoms with Crippen molar-refractivity contribution in [2.75, 3.05) is 10.6 Å². The van der Waals surface area contributed by atoms with Crippen LogP contribution in [0.25, 0.3) is 0 Å². The summed E-state index contributed by atoms with van der Waals surface area (Å²) in [5.74, 6) is -0.977. The molecule has 32 heavy (non-hydrogen) atoms. The van der Waals surface area contributed by atoms with Gasteiger partial charge >= 0.3 is 5.97 Å². The van der Waals surface area contributed by atoms with Gasteiger partial charge in [0.15, 0.2) is 0 Å². The number of carbonyl (C=O) groups excluding carboxylic acids is 3. The zero-order valence-electron chi connectivity index (χ0n) is 17.7. The summed E-state index contributed by atoms with van der Waals surface area (Å²) in [7, 11) is 0. The first-order valence-electron chi connectivity index (χ1n) is 10.5. The van der Waals surface area contributed by atoms with Crippen LogP contribution in [0.4, 0.5) is 11.4 Å². The van der Waals surface area contributed by atoms with Crippen molar-refractivity contribution in [2.24, 2.45) is 5.92 Å². The summed E-state index contributed by atoms with van der Waals surface area (Å²) in [4.78, 5) is 37.7. The van der Waals surface area contributed by atoms with Crippen LogP contribution in [0.15, 0.2) is 78.9 Å². The number of hydrogen-bond donors (Lipinski definition) is 2. The van der Waals surface area contributed by atoms with Gasteiger partial charge < -0.3 is 15.4 Å². The van der Waals surface area contributed by atoms with Crippen LogP contribution >= 0.6 is 0 Å². The molecule has 1 saturated carbocycles. The molecule has 6 nitrogen and oxygen atoms in total. The van der Waals surface area contributed by atoms with Crippen LogP contribution < -0.4 is 10.6 Å². The van der Waals surface area contributed by atoms with E-state index >= 15 is 0 Å². The number of ether oxygens (including phenoxy) is 1. The zero-order valence-corrected chi connectivity index (χ0v) is 17.7. The number of anilines is 2. The second-order valence-corrected chi connectivity index (χ2v) is 7.89. The Morgan fingerprint density at radius 3 is 2.03 bits per heavy atom.